The normalized spacial score (nSPS) is 10.4. The van der Waals surface area contributed by atoms with Crippen LogP contribution in [0.2, 0.25) is 0 Å². The average Bonchev–Trinajstić information content (AvgIpc) is 2.69. The van der Waals surface area contributed by atoms with Crippen molar-refractivity contribution in [3.63, 3.8) is 0 Å². The van der Waals surface area contributed by atoms with E-state index in [1.807, 2.05) is 30.3 Å². The number of rotatable bonds is 12. The molecule has 0 atom stereocenters. The molecule has 0 saturated heterocycles. The quantitative estimate of drug-likeness (QED) is 0.402. The Bertz CT molecular complexity index is 607. The number of alkyl carbamates (subject to hydrolysis) is 1. The maximum Gasteiger partial charge on any atom is 0.407 e. The van der Waals surface area contributed by atoms with E-state index in [-0.39, 0.29) is 31.5 Å². The van der Waals surface area contributed by atoms with Gasteiger partial charge in [-0.25, -0.2) is 4.79 Å². The molecule has 156 valence electrons. The number of ether oxygens (including phenoxy) is 3. The van der Waals surface area contributed by atoms with Crippen LogP contribution in [-0.4, -0.2) is 69.5 Å². The van der Waals surface area contributed by atoms with Crippen LogP contribution in [0.4, 0.5) is 4.79 Å². The summed E-state index contributed by atoms with van der Waals surface area (Å²) in [6, 6.07) is 9.37. The van der Waals surface area contributed by atoms with Gasteiger partial charge in [-0.05, 0) is 12.0 Å². The third-order valence-electron chi connectivity index (χ3n) is 3.83. The fraction of sp³-hybridized carbons (Fsp3) is 0.526. The van der Waals surface area contributed by atoms with Crippen LogP contribution < -0.4 is 10.6 Å². The van der Waals surface area contributed by atoms with Gasteiger partial charge in [-0.1, -0.05) is 30.3 Å². The molecule has 0 radical (unpaired) electrons. The highest BCUT2D eigenvalue weighted by molar-refractivity contribution is 5.83. The van der Waals surface area contributed by atoms with E-state index in [9.17, 15) is 14.4 Å². The standard InChI is InChI=1S/C19H29N3O6/c1-15(23)22(13-18(26-2)27-3)12-17(24)20-10-7-11-21-19(25)28-14-16-8-5-4-6-9-16/h4-6,8-9,18H,7,10-14H2,1-3H3,(H,20,24)(H,21,25). The van der Waals surface area contributed by atoms with E-state index in [1.165, 1.54) is 26.0 Å². The lowest BCUT2D eigenvalue weighted by atomic mass is 10.2. The van der Waals surface area contributed by atoms with E-state index in [1.54, 1.807) is 0 Å². The monoisotopic (exact) mass is 395 g/mol. The first-order valence-corrected chi connectivity index (χ1v) is 8.98. The zero-order valence-corrected chi connectivity index (χ0v) is 16.6. The lowest BCUT2D eigenvalue weighted by molar-refractivity contribution is -0.147. The van der Waals surface area contributed by atoms with Crippen LogP contribution in [0.1, 0.15) is 18.9 Å². The summed E-state index contributed by atoms with van der Waals surface area (Å²) in [5, 5.41) is 5.32. The van der Waals surface area contributed by atoms with Crippen molar-refractivity contribution >= 4 is 17.9 Å². The number of methoxy groups -OCH3 is 2. The highest BCUT2D eigenvalue weighted by atomic mass is 16.7. The van der Waals surface area contributed by atoms with Crippen molar-refractivity contribution in [2.45, 2.75) is 26.2 Å². The van der Waals surface area contributed by atoms with E-state index in [2.05, 4.69) is 10.6 Å². The molecule has 2 N–H and O–H groups in total. The summed E-state index contributed by atoms with van der Waals surface area (Å²) >= 11 is 0. The number of carbonyl (C=O) groups excluding carboxylic acids is 3. The van der Waals surface area contributed by atoms with E-state index in [0.717, 1.165) is 5.56 Å². The van der Waals surface area contributed by atoms with Gasteiger partial charge in [0.05, 0.1) is 13.1 Å². The molecule has 0 unspecified atom stereocenters. The van der Waals surface area contributed by atoms with Crippen LogP contribution >= 0.6 is 0 Å². The number of nitrogens with zero attached hydrogens (tertiary/aromatic N) is 1. The summed E-state index contributed by atoms with van der Waals surface area (Å²) in [6.07, 6.45) is -0.573. The zero-order valence-electron chi connectivity index (χ0n) is 16.6. The predicted octanol–water partition coefficient (Wildman–Crippen LogP) is 0.887. The van der Waals surface area contributed by atoms with Gasteiger partial charge in [0.25, 0.3) is 0 Å². The van der Waals surface area contributed by atoms with Crippen LogP contribution in [0.5, 0.6) is 0 Å². The number of benzene rings is 1. The highest BCUT2D eigenvalue weighted by Gasteiger charge is 2.18. The zero-order chi connectivity index (χ0) is 20.8. The Morgan fingerprint density at radius 1 is 1.04 bits per heavy atom. The number of carbonyl (C=O) groups is 3. The van der Waals surface area contributed by atoms with Crippen molar-refractivity contribution in [1.29, 1.82) is 0 Å². The van der Waals surface area contributed by atoms with Gasteiger partial charge in [-0.3, -0.25) is 9.59 Å². The first-order chi connectivity index (χ1) is 13.5. The molecule has 0 heterocycles. The van der Waals surface area contributed by atoms with Gasteiger partial charge < -0.3 is 29.7 Å². The Morgan fingerprint density at radius 3 is 2.29 bits per heavy atom. The molecule has 0 aliphatic carbocycles. The van der Waals surface area contributed by atoms with Crippen LogP contribution in [-0.2, 0) is 30.4 Å². The second-order valence-corrected chi connectivity index (χ2v) is 5.99. The molecule has 0 saturated carbocycles. The molecule has 0 spiro atoms. The summed E-state index contributed by atoms with van der Waals surface area (Å²) in [5.74, 6) is -0.551. The van der Waals surface area contributed by atoms with Gasteiger partial charge in [0.15, 0.2) is 6.29 Å². The molecule has 9 heteroatoms. The van der Waals surface area contributed by atoms with Crippen LogP contribution in [0.3, 0.4) is 0 Å². The van der Waals surface area contributed by atoms with Crippen molar-refractivity contribution in [3.05, 3.63) is 35.9 Å². The SMILES string of the molecule is COC(CN(CC(=O)NCCCNC(=O)OCc1ccccc1)C(C)=O)OC. The van der Waals surface area contributed by atoms with Gasteiger partial charge in [-0.2, -0.15) is 0 Å². The Balaban J connectivity index is 2.17. The lowest BCUT2D eigenvalue weighted by Gasteiger charge is -2.24. The number of nitrogens with one attached hydrogen (secondary N) is 2. The fourth-order valence-electron chi connectivity index (χ4n) is 2.24. The smallest absolute Gasteiger partial charge is 0.407 e. The van der Waals surface area contributed by atoms with Crippen molar-refractivity contribution in [2.24, 2.45) is 0 Å². The summed E-state index contributed by atoms with van der Waals surface area (Å²) in [5.41, 5.74) is 0.907. The first-order valence-electron chi connectivity index (χ1n) is 8.98. The Morgan fingerprint density at radius 2 is 1.68 bits per heavy atom. The molecule has 9 nitrogen and oxygen atoms in total. The van der Waals surface area contributed by atoms with Gasteiger partial charge >= 0.3 is 6.09 Å². The summed E-state index contributed by atoms with van der Waals surface area (Å²) < 4.78 is 15.2. The van der Waals surface area contributed by atoms with Crippen LogP contribution in [0.15, 0.2) is 30.3 Å². The number of hydrogen-bond donors (Lipinski definition) is 2. The van der Waals surface area contributed by atoms with E-state index < -0.39 is 12.4 Å². The molecule has 1 aromatic carbocycles. The molecule has 1 aromatic rings. The minimum Gasteiger partial charge on any atom is -0.445 e. The highest BCUT2D eigenvalue weighted by Crippen LogP contribution is 2.00. The third kappa shape index (κ3) is 9.89. The maximum atomic E-state index is 12.0. The Hall–Kier alpha value is -2.65. The van der Waals surface area contributed by atoms with Crippen LogP contribution in [0, 0.1) is 0 Å². The second-order valence-electron chi connectivity index (χ2n) is 5.99. The van der Waals surface area contributed by atoms with Crippen molar-refractivity contribution in [2.75, 3.05) is 40.4 Å². The molecule has 3 amide bonds. The van der Waals surface area contributed by atoms with Gasteiger partial charge in [0, 0.05) is 34.2 Å². The van der Waals surface area contributed by atoms with Gasteiger partial charge in [0.2, 0.25) is 11.8 Å². The lowest BCUT2D eigenvalue weighted by Crippen LogP contribution is -2.44. The van der Waals surface area contributed by atoms with Gasteiger partial charge in [0.1, 0.15) is 6.61 Å². The van der Waals surface area contributed by atoms with Crippen LogP contribution in [0.25, 0.3) is 0 Å². The average molecular weight is 395 g/mol. The number of hydrogen-bond acceptors (Lipinski definition) is 6. The molecule has 0 bridgehead atoms. The Labute approximate surface area is 165 Å². The molecule has 0 aliphatic rings. The van der Waals surface area contributed by atoms with E-state index >= 15 is 0 Å². The van der Waals surface area contributed by atoms with Gasteiger partial charge in [-0.15, -0.1) is 0 Å². The summed E-state index contributed by atoms with van der Waals surface area (Å²) in [6.45, 7) is 2.37. The summed E-state index contributed by atoms with van der Waals surface area (Å²) in [4.78, 5) is 36.6. The van der Waals surface area contributed by atoms with E-state index in [0.29, 0.717) is 19.5 Å². The largest absolute Gasteiger partial charge is 0.445 e. The summed E-state index contributed by atoms with van der Waals surface area (Å²) in [7, 11) is 2.93. The minimum atomic E-state index is -0.595. The molecule has 0 aliphatic heterocycles. The second kappa shape index (κ2) is 13.5. The topological polar surface area (TPSA) is 106 Å². The maximum absolute atomic E-state index is 12.0. The van der Waals surface area contributed by atoms with E-state index in [4.69, 9.17) is 14.2 Å². The van der Waals surface area contributed by atoms with Crippen molar-refractivity contribution < 1.29 is 28.6 Å². The van der Waals surface area contributed by atoms with Crippen molar-refractivity contribution in [1.82, 2.24) is 15.5 Å². The molecular formula is C19H29N3O6. The third-order valence-corrected chi connectivity index (χ3v) is 3.83. The van der Waals surface area contributed by atoms with Crippen molar-refractivity contribution in [3.8, 4) is 0 Å². The fourth-order valence-corrected chi connectivity index (χ4v) is 2.24. The number of amides is 3. The Kier molecular flexibility index (Phi) is 11.3. The minimum absolute atomic E-state index is 0.0922. The molecule has 1 rings (SSSR count). The molecule has 28 heavy (non-hydrogen) atoms. The molecule has 0 aromatic heterocycles. The molecular weight excluding hydrogens is 366 g/mol. The predicted molar refractivity (Wildman–Crippen MR) is 102 cm³/mol. The first kappa shape index (κ1) is 23.4. The molecule has 0 fully saturated rings.